The first-order valence-corrected chi connectivity index (χ1v) is 10.5. The molecule has 142 valence electrons. The van der Waals surface area contributed by atoms with Gasteiger partial charge in [0, 0.05) is 32.0 Å². The summed E-state index contributed by atoms with van der Waals surface area (Å²) in [5.74, 6) is -0.0437. The fourth-order valence-corrected chi connectivity index (χ4v) is 6.81. The Morgan fingerprint density at radius 2 is 2.08 bits per heavy atom. The molecule has 0 N–H and O–H groups in total. The summed E-state index contributed by atoms with van der Waals surface area (Å²) in [6.07, 6.45) is 2.90. The van der Waals surface area contributed by atoms with Crippen molar-refractivity contribution in [1.82, 2.24) is 19.2 Å². The van der Waals surface area contributed by atoms with E-state index in [0.717, 1.165) is 0 Å². The number of likely N-dealkylation sites (tertiary alicyclic amines) is 1. The molecule has 3 fully saturated rings. The van der Waals surface area contributed by atoms with Crippen LogP contribution >= 0.6 is 11.6 Å². The van der Waals surface area contributed by atoms with Gasteiger partial charge in [0.05, 0.1) is 17.7 Å². The molecule has 4 rings (SSSR count). The molecule has 0 radical (unpaired) electrons. The van der Waals surface area contributed by atoms with E-state index in [4.69, 9.17) is 16.3 Å². The van der Waals surface area contributed by atoms with E-state index in [-0.39, 0.29) is 30.3 Å². The molecule has 3 aliphatic heterocycles. The lowest BCUT2D eigenvalue weighted by Gasteiger charge is -2.39. The Bertz CT molecular complexity index is 831. The minimum atomic E-state index is -3.42. The van der Waals surface area contributed by atoms with Gasteiger partial charge >= 0.3 is 0 Å². The van der Waals surface area contributed by atoms with Crippen LogP contribution < -0.4 is 0 Å². The Morgan fingerprint density at radius 3 is 2.73 bits per heavy atom. The average Bonchev–Trinajstić information content (AvgIpc) is 2.93. The molecule has 3 aliphatic rings. The SMILES string of the molecule is CC(C)CN1C[C@@]23CN(C(=O)c4ncc(Cl)cn4)C[C@@H](C[C@@H]2S1(=O)=O)O3. The number of carbonyl (C=O) groups excluding carboxylic acids is 1. The third-order valence-electron chi connectivity index (χ3n) is 5.18. The predicted molar refractivity (Wildman–Crippen MR) is 94.3 cm³/mol. The van der Waals surface area contributed by atoms with Crippen LogP contribution in [-0.4, -0.2) is 76.6 Å². The lowest BCUT2D eigenvalue weighted by atomic mass is 9.99. The Kier molecular flexibility index (Phi) is 4.26. The fourth-order valence-electron chi connectivity index (χ4n) is 4.24. The second-order valence-electron chi connectivity index (χ2n) is 7.67. The van der Waals surface area contributed by atoms with Gasteiger partial charge in [0.25, 0.3) is 5.91 Å². The molecule has 26 heavy (non-hydrogen) atoms. The van der Waals surface area contributed by atoms with Crippen LogP contribution in [0, 0.1) is 5.92 Å². The highest BCUT2D eigenvalue weighted by molar-refractivity contribution is 7.90. The van der Waals surface area contributed by atoms with E-state index < -0.39 is 20.9 Å². The number of hydrogen-bond donors (Lipinski definition) is 0. The highest BCUT2D eigenvalue weighted by Gasteiger charge is 2.65. The van der Waals surface area contributed by atoms with Gasteiger partial charge in [-0.1, -0.05) is 25.4 Å². The molecule has 1 amide bonds. The normalized spacial score (nSPS) is 32.8. The van der Waals surface area contributed by atoms with Crippen molar-refractivity contribution in [2.24, 2.45) is 5.92 Å². The van der Waals surface area contributed by atoms with Gasteiger partial charge in [-0.3, -0.25) is 4.79 Å². The summed E-state index contributed by atoms with van der Waals surface area (Å²) in [4.78, 5) is 22.4. The third-order valence-corrected chi connectivity index (χ3v) is 7.71. The van der Waals surface area contributed by atoms with E-state index in [9.17, 15) is 13.2 Å². The van der Waals surface area contributed by atoms with Gasteiger partial charge < -0.3 is 9.64 Å². The van der Waals surface area contributed by atoms with Crippen molar-refractivity contribution in [3.63, 3.8) is 0 Å². The summed E-state index contributed by atoms with van der Waals surface area (Å²) in [5, 5.41) is -0.240. The van der Waals surface area contributed by atoms with Crippen molar-refractivity contribution < 1.29 is 17.9 Å². The number of sulfonamides is 1. The number of hydrogen-bond acceptors (Lipinski definition) is 6. The van der Waals surface area contributed by atoms with Gasteiger partial charge in [-0.25, -0.2) is 18.4 Å². The molecule has 3 atom stereocenters. The Hall–Kier alpha value is -1.29. The minimum absolute atomic E-state index is 0.0588. The summed E-state index contributed by atoms with van der Waals surface area (Å²) in [6, 6.07) is 0. The van der Waals surface area contributed by atoms with Crippen LogP contribution in [0.15, 0.2) is 12.4 Å². The van der Waals surface area contributed by atoms with Crippen molar-refractivity contribution in [2.45, 2.75) is 37.2 Å². The lowest BCUT2D eigenvalue weighted by Crippen LogP contribution is -2.56. The summed E-state index contributed by atoms with van der Waals surface area (Å²) in [6.45, 7) is 5.30. The maximum Gasteiger partial charge on any atom is 0.291 e. The molecule has 1 aromatic rings. The van der Waals surface area contributed by atoms with Gasteiger partial charge in [-0.05, 0) is 12.3 Å². The van der Waals surface area contributed by atoms with E-state index >= 15 is 0 Å². The van der Waals surface area contributed by atoms with Gasteiger partial charge in [-0.2, -0.15) is 4.31 Å². The fraction of sp³-hybridized carbons (Fsp3) is 0.688. The number of fused-ring (bicyclic) bond motifs is 1. The second-order valence-corrected chi connectivity index (χ2v) is 10.2. The maximum absolute atomic E-state index is 12.9. The molecule has 0 unspecified atom stereocenters. The topological polar surface area (TPSA) is 92.7 Å². The smallest absolute Gasteiger partial charge is 0.291 e. The largest absolute Gasteiger partial charge is 0.365 e. The van der Waals surface area contributed by atoms with Crippen molar-refractivity contribution in [3.05, 3.63) is 23.2 Å². The van der Waals surface area contributed by atoms with Crippen LogP contribution in [0.5, 0.6) is 0 Å². The zero-order valence-electron chi connectivity index (χ0n) is 14.6. The van der Waals surface area contributed by atoms with Crippen LogP contribution in [0.1, 0.15) is 30.9 Å². The van der Waals surface area contributed by atoms with Crippen LogP contribution in [0.25, 0.3) is 0 Å². The Balaban J connectivity index is 1.60. The molecule has 1 aromatic heterocycles. The Labute approximate surface area is 157 Å². The van der Waals surface area contributed by atoms with Crippen LogP contribution in [-0.2, 0) is 14.8 Å². The van der Waals surface area contributed by atoms with E-state index in [2.05, 4.69) is 9.97 Å². The predicted octanol–water partition coefficient (Wildman–Crippen LogP) is 0.783. The van der Waals surface area contributed by atoms with Gasteiger partial charge in [0.1, 0.15) is 10.9 Å². The standard InChI is InChI=1S/C16H21ClN4O4S/c1-10(2)6-21-9-16-8-20(15(22)14-18-4-11(17)5-19-14)7-12(25-16)3-13(16)26(21,23)24/h4-5,10,12-13H,3,6-9H2,1-2H3/t12-,13+,16+/m1/s1. The molecule has 2 bridgehead atoms. The molecular formula is C16H21ClN4O4S. The number of aromatic nitrogens is 2. The number of amides is 1. The van der Waals surface area contributed by atoms with Crippen molar-refractivity contribution in [1.29, 1.82) is 0 Å². The van der Waals surface area contributed by atoms with E-state index in [0.29, 0.717) is 31.1 Å². The highest BCUT2D eigenvalue weighted by Crippen LogP contribution is 2.46. The van der Waals surface area contributed by atoms with E-state index in [1.54, 1.807) is 4.90 Å². The third kappa shape index (κ3) is 2.81. The zero-order chi connectivity index (χ0) is 18.7. The monoisotopic (exact) mass is 400 g/mol. The average molecular weight is 401 g/mol. The molecule has 4 heterocycles. The highest BCUT2D eigenvalue weighted by atomic mass is 35.5. The number of ether oxygens (including phenoxy) is 1. The van der Waals surface area contributed by atoms with Crippen LogP contribution in [0.3, 0.4) is 0 Å². The summed E-state index contributed by atoms with van der Waals surface area (Å²) >= 11 is 5.78. The molecule has 1 spiro atoms. The molecule has 10 heteroatoms. The molecule has 0 aromatic carbocycles. The number of nitrogens with zero attached hydrogens (tertiary/aromatic N) is 4. The first-order valence-electron chi connectivity index (χ1n) is 8.65. The van der Waals surface area contributed by atoms with Crippen molar-refractivity contribution in [3.8, 4) is 0 Å². The number of morpholine rings is 1. The van der Waals surface area contributed by atoms with E-state index in [1.165, 1.54) is 16.7 Å². The maximum atomic E-state index is 12.9. The summed E-state index contributed by atoms with van der Waals surface area (Å²) in [7, 11) is -3.42. The summed E-state index contributed by atoms with van der Waals surface area (Å²) < 4.78 is 33.5. The van der Waals surface area contributed by atoms with Crippen LogP contribution in [0.4, 0.5) is 0 Å². The molecule has 0 aliphatic carbocycles. The molecule has 0 saturated carbocycles. The number of rotatable bonds is 3. The summed E-state index contributed by atoms with van der Waals surface area (Å²) in [5.41, 5.74) is -0.862. The van der Waals surface area contributed by atoms with Crippen molar-refractivity contribution in [2.75, 3.05) is 26.2 Å². The van der Waals surface area contributed by atoms with Gasteiger partial charge in [-0.15, -0.1) is 0 Å². The molecule has 8 nitrogen and oxygen atoms in total. The molecular weight excluding hydrogens is 380 g/mol. The first kappa shape index (κ1) is 18.1. The minimum Gasteiger partial charge on any atom is -0.365 e. The quantitative estimate of drug-likeness (QED) is 0.744. The zero-order valence-corrected chi connectivity index (χ0v) is 16.2. The first-order chi connectivity index (χ1) is 12.2. The molecule has 3 saturated heterocycles. The number of halogens is 1. The van der Waals surface area contributed by atoms with Gasteiger partial charge in [0.15, 0.2) is 0 Å². The van der Waals surface area contributed by atoms with E-state index in [1.807, 2.05) is 13.8 Å². The van der Waals surface area contributed by atoms with Gasteiger partial charge in [0.2, 0.25) is 15.8 Å². The second kappa shape index (κ2) is 6.12. The number of carbonyl (C=O) groups is 1. The van der Waals surface area contributed by atoms with Crippen LogP contribution in [0.2, 0.25) is 5.02 Å². The lowest BCUT2D eigenvalue weighted by molar-refractivity contribution is -0.0981. The Morgan fingerprint density at radius 1 is 1.38 bits per heavy atom. The van der Waals surface area contributed by atoms with Crippen molar-refractivity contribution >= 4 is 27.5 Å².